The third kappa shape index (κ3) is 2.76. The van der Waals surface area contributed by atoms with Crippen molar-refractivity contribution in [2.45, 2.75) is 45.2 Å². The van der Waals surface area contributed by atoms with Crippen molar-refractivity contribution in [3.05, 3.63) is 0 Å². The molecular formula is C10H22N2. The summed E-state index contributed by atoms with van der Waals surface area (Å²) in [5.41, 5.74) is 0. The molecule has 1 atom stereocenters. The minimum Gasteiger partial charge on any atom is -0.310 e. The number of rotatable bonds is 4. The van der Waals surface area contributed by atoms with Crippen molar-refractivity contribution in [1.82, 2.24) is 10.2 Å². The van der Waals surface area contributed by atoms with Gasteiger partial charge in [0.05, 0.1) is 0 Å². The van der Waals surface area contributed by atoms with Gasteiger partial charge in [0.1, 0.15) is 0 Å². The highest BCUT2D eigenvalue weighted by molar-refractivity contribution is 4.81. The van der Waals surface area contributed by atoms with Gasteiger partial charge in [-0.1, -0.05) is 13.8 Å². The van der Waals surface area contributed by atoms with Crippen molar-refractivity contribution in [3.8, 4) is 0 Å². The lowest BCUT2D eigenvalue weighted by Gasteiger charge is -2.20. The predicted molar refractivity (Wildman–Crippen MR) is 53.4 cm³/mol. The smallest absolute Gasteiger partial charge is 0.0209 e. The lowest BCUT2D eigenvalue weighted by Crippen LogP contribution is -2.39. The molecule has 0 spiro atoms. The molecule has 2 heteroatoms. The topological polar surface area (TPSA) is 15.3 Å². The molecule has 1 rings (SSSR count). The maximum atomic E-state index is 3.70. The van der Waals surface area contributed by atoms with Gasteiger partial charge in [0, 0.05) is 18.6 Å². The van der Waals surface area contributed by atoms with Gasteiger partial charge in [-0.3, -0.25) is 0 Å². The Bertz CT molecular complexity index is 121. The fourth-order valence-corrected chi connectivity index (χ4v) is 1.93. The normalized spacial score (nSPS) is 25.5. The average molecular weight is 170 g/mol. The third-order valence-electron chi connectivity index (χ3n) is 2.85. The fourth-order valence-electron chi connectivity index (χ4n) is 1.93. The standard InChI is InChI=1S/C10H22N2/c1-4-9(5-2)11-10-6-7-12(3)8-10/h9-11H,4-8H2,1-3H3. The zero-order chi connectivity index (χ0) is 8.97. The number of nitrogens with zero attached hydrogens (tertiary/aromatic N) is 1. The van der Waals surface area contributed by atoms with Gasteiger partial charge in [0.25, 0.3) is 0 Å². The predicted octanol–water partition coefficient (Wildman–Crippen LogP) is 1.47. The van der Waals surface area contributed by atoms with E-state index in [0.29, 0.717) is 0 Å². The van der Waals surface area contributed by atoms with E-state index in [1.165, 1.54) is 32.4 Å². The summed E-state index contributed by atoms with van der Waals surface area (Å²) < 4.78 is 0. The molecule has 1 aliphatic rings. The van der Waals surface area contributed by atoms with Crippen molar-refractivity contribution in [1.29, 1.82) is 0 Å². The lowest BCUT2D eigenvalue weighted by atomic mass is 10.1. The van der Waals surface area contributed by atoms with Gasteiger partial charge in [0.2, 0.25) is 0 Å². The van der Waals surface area contributed by atoms with E-state index in [1.807, 2.05) is 0 Å². The molecular weight excluding hydrogens is 148 g/mol. The van der Waals surface area contributed by atoms with Crippen LogP contribution in [0.4, 0.5) is 0 Å². The minimum absolute atomic E-state index is 0.738. The quantitative estimate of drug-likeness (QED) is 0.687. The van der Waals surface area contributed by atoms with Crippen molar-refractivity contribution < 1.29 is 0 Å². The molecule has 0 aromatic heterocycles. The summed E-state index contributed by atoms with van der Waals surface area (Å²) in [6.45, 7) is 7.02. The van der Waals surface area contributed by atoms with Gasteiger partial charge in [0.15, 0.2) is 0 Å². The number of hydrogen-bond acceptors (Lipinski definition) is 2. The molecule has 0 aliphatic carbocycles. The first-order valence-corrected chi connectivity index (χ1v) is 5.20. The number of likely N-dealkylation sites (tertiary alicyclic amines) is 1. The highest BCUT2D eigenvalue weighted by atomic mass is 15.2. The van der Waals surface area contributed by atoms with Crippen LogP contribution in [-0.4, -0.2) is 37.1 Å². The first-order valence-electron chi connectivity index (χ1n) is 5.20. The highest BCUT2D eigenvalue weighted by Gasteiger charge is 2.20. The summed E-state index contributed by atoms with van der Waals surface area (Å²) in [7, 11) is 2.20. The average Bonchev–Trinajstić information content (AvgIpc) is 2.47. The molecule has 1 unspecified atom stereocenters. The lowest BCUT2D eigenvalue weighted by molar-refractivity contribution is 0.372. The maximum Gasteiger partial charge on any atom is 0.0209 e. The molecule has 72 valence electrons. The second-order valence-corrected chi connectivity index (χ2v) is 3.93. The molecule has 0 saturated carbocycles. The van der Waals surface area contributed by atoms with Crippen molar-refractivity contribution in [3.63, 3.8) is 0 Å². The van der Waals surface area contributed by atoms with Crippen LogP contribution in [0.2, 0.25) is 0 Å². The molecule has 0 amide bonds. The van der Waals surface area contributed by atoms with E-state index in [2.05, 4.69) is 31.1 Å². The summed E-state index contributed by atoms with van der Waals surface area (Å²) in [6.07, 6.45) is 3.85. The number of likely N-dealkylation sites (N-methyl/N-ethyl adjacent to an activating group) is 1. The highest BCUT2D eigenvalue weighted by Crippen LogP contribution is 2.08. The van der Waals surface area contributed by atoms with Gasteiger partial charge in [-0.15, -0.1) is 0 Å². The van der Waals surface area contributed by atoms with Crippen LogP contribution in [0, 0.1) is 0 Å². The van der Waals surface area contributed by atoms with Gasteiger partial charge in [-0.25, -0.2) is 0 Å². The van der Waals surface area contributed by atoms with Crippen LogP contribution in [0.3, 0.4) is 0 Å². The second kappa shape index (κ2) is 4.83. The van der Waals surface area contributed by atoms with E-state index in [-0.39, 0.29) is 0 Å². The Kier molecular flexibility index (Phi) is 4.02. The van der Waals surface area contributed by atoms with E-state index >= 15 is 0 Å². The third-order valence-corrected chi connectivity index (χ3v) is 2.85. The Morgan fingerprint density at radius 1 is 1.42 bits per heavy atom. The van der Waals surface area contributed by atoms with Crippen LogP contribution in [-0.2, 0) is 0 Å². The second-order valence-electron chi connectivity index (χ2n) is 3.93. The molecule has 0 aromatic carbocycles. The molecule has 0 radical (unpaired) electrons. The Morgan fingerprint density at radius 2 is 2.08 bits per heavy atom. The van der Waals surface area contributed by atoms with E-state index in [0.717, 1.165) is 12.1 Å². The van der Waals surface area contributed by atoms with Gasteiger partial charge < -0.3 is 10.2 Å². The molecule has 1 aliphatic heterocycles. The van der Waals surface area contributed by atoms with Crippen LogP contribution in [0.1, 0.15) is 33.1 Å². The monoisotopic (exact) mass is 170 g/mol. The van der Waals surface area contributed by atoms with Crippen molar-refractivity contribution in [2.75, 3.05) is 20.1 Å². The van der Waals surface area contributed by atoms with E-state index in [1.54, 1.807) is 0 Å². The van der Waals surface area contributed by atoms with E-state index < -0.39 is 0 Å². The van der Waals surface area contributed by atoms with Crippen LogP contribution in [0.15, 0.2) is 0 Å². The molecule has 1 heterocycles. The van der Waals surface area contributed by atoms with Gasteiger partial charge in [-0.05, 0) is 32.9 Å². The Morgan fingerprint density at radius 3 is 2.50 bits per heavy atom. The Hall–Kier alpha value is -0.0800. The first kappa shape index (κ1) is 10.0. The molecule has 0 aromatic rings. The van der Waals surface area contributed by atoms with Crippen LogP contribution in [0.25, 0.3) is 0 Å². The summed E-state index contributed by atoms with van der Waals surface area (Å²) in [5, 5.41) is 3.70. The number of nitrogens with one attached hydrogen (secondary N) is 1. The summed E-state index contributed by atoms with van der Waals surface area (Å²) in [4.78, 5) is 2.40. The molecule has 1 saturated heterocycles. The van der Waals surface area contributed by atoms with Crippen LogP contribution in [0.5, 0.6) is 0 Å². The molecule has 12 heavy (non-hydrogen) atoms. The van der Waals surface area contributed by atoms with Crippen LogP contribution >= 0.6 is 0 Å². The largest absolute Gasteiger partial charge is 0.310 e. The Balaban J connectivity index is 2.21. The molecule has 2 nitrogen and oxygen atoms in total. The zero-order valence-electron chi connectivity index (χ0n) is 8.64. The summed E-state index contributed by atoms with van der Waals surface area (Å²) in [5.74, 6) is 0. The van der Waals surface area contributed by atoms with Crippen LogP contribution < -0.4 is 5.32 Å². The van der Waals surface area contributed by atoms with Gasteiger partial charge >= 0.3 is 0 Å². The molecule has 0 bridgehead atoms. The zero-order valence-corrected chi connectivity index (χ0v) is 8.64. The molecule has 1 fully saturated rings. The first-order chi connectivity index (χ1) is 5.76. The maximum absolute atomic E-state index is 3.70. The summed E-state index contributed by atoms with van der Waals surface area (Å²) in [6, 6.07) is 1.49. The minimum atomic E-state index is 0.738. The molecule has 1 N–H and O–H groups in total. The van der Waals surface area contributed by atoms with Gasteiger partial charge in [-0.2, -0.15) is 0 Å². The number of hydrogen-bond donors (Lipinski definition) is 1. The summed E-state index contributed by atoms with van der Waals surface area (Å²) >= 11 is 0. The Labute approximate surface area is 76.3 Å². The van der Waals surface area contributed by atoms with Crippen molar-refractivity contribution >= 4 is 0 Å². The fraction of sp³-hybridized carbons (Fsp3) is 1.00. The van der Waals surface area contributed by atoms with E-state index in [4.69, 9.17) is 0 Å². The van der Waals surface area contributed by atoms with E-state index in [9.17, 15) is 0 Å². The SMILES string of the molecule is CCC(CC)NC1CCN(C)C1. The van der Waals surface area contributed by atoms with Crippen molar-refractivity contribution in [2.24, 2.45) is 0 Å².